The van der Waals surface area contributed by atoms with Gasteiger partial charge in [-0.3, -0.25) is 4.79 Å². The van der Waals surface area contributed by atoms with Crippen LogP contribution in [0.25, 0.3) is 0 Å². The quantitative estimate of drug-likeness (QED) is 0.751. The lowest BCUT2D eigenvalue weighted by Crippen LogP contribution is -2.35. The van der Waals surface area contributed by atoms with E-state index in [4.69, 9.17) is 4.74 Å². The minimum atomic E-state index is -3.59. The Morgan fingerprint density at radius 2 is 2.00 bits per heavy atom. The molecule has 2 heterocycles. The topological polar surface area (TPSA) is 88.6 Å². The summed E-state index contributed by atoms with van der Waals surface area (Å²) in [6, 6.07) is 6.41. The molecule has 0 atom stereocenters. The molecule has 0 spiro atoms. The maximum Gasteiger partial charge on any atom is 0.243 e. The molecule has 1 amide bonds. The van der Waals surface area contributed by atoms with Gasteiger partial charge in [0.25, 0.3) is 0 Å². The molecule has 0 radical (unpaired) electrons. The zero-order valence-corrected chi connectivity index (χ0v) is 18.0. The number of thiazole rings is 1. The molecule has 0 saturated heterocycles. The van der Waals surface area contributed by atoms with Crippen LogP contribution in [0, 0.1) is 5.92 Å². The smallest absolute Gasteiger partial charge is 0.243 e. The lowest BCUT2D eigenvalue weighted by Gasteiger charge is -2.25. The Kier molecular flexibility index (Phi) is 5.89. The fraction of sp³-hybridized carbons (Fsp3) is 0.500. The van der Waals surface area contributed by atoms with Crippen molar-refractivity contribution < 1.29 is 17.9 Å². The third-order valence-corrected chi connectivity index (χ3v) is 8.45. The highest BCUT2D eigenvalue weighted by molar-refractivity contribution is 7.89. The number of aromatic nitrogens is 1. The summed E-state index contributed by atoms with van der Waals surface area (Å²) < 4.78 is 32.5. The molecule has 1 saturated carbocycles. The number of benzene rings is 1. The Hall–Kier alpha value is -1.97. The third-order valence-electron chi connectivity index (χ3n) is 5.59. The zero-order valence-electron chi connectivity index (χ0n) is 16.4. The van der Waals surface area contributed by atoms with Crippen LogP contribution in [-0.4, -0.2) is 37.3 Å². The molecule has 4 rings (SSSR count). The van der Waals surface area contributed by atoms with E-state index in [2.05, 4.69) is 10.3 Å². The molecule has 1 aromatic heterocycles. The van der Waals surface area contributed by atoms with E-state index in [1.165, 1.54) is 28.5 Å². The summed E-state index contributed by atoms with van der Waals surface area (Å²) in [5.41, 5.74) is 0.882. The first-order valence-corrected chi connectivity index (χ1v) is 12.1. The average molecular weight is 436 g/mol. The first kappa shape index (κ1) is 20.3. The van der Waals surface area contributed by atoms with E-state index in [1.807, 2.05) is 0 Å². The van der Waals surface area contributed by atoms with Crippen LogP contribution in [0.3, 0.4) is 0 Å². The van der Waals surface area contributed by atoms with Gasteiger partial charge in [-0.15, -0.1) is 11.3 Å². The van der Waals surface area contributed by atoms with Gasteiger partial charge in [0.05, 0.1) is 24.2 Å². The summed E-state index contributed by atoms with van der Waals surface area (Å²) >= 11 is 1.37. The molecule has 1 aliphatic carbocycles. The predicted molar refractivity (Wildman–Crippen MR) is 112 cm³/mol. The summed E-state index contributed by atoms with van der Waals surface area (Å²) in [6.07, 6.45) is 5.76. The van der Waals surface area contributed by atoms with Crippen molar-refractivity contribution in [3.8, 4) is 5.75 Å². The molecule has 2 aromatic rings. The minimum absolute atomic E-state index is 0.00528. The summed E-state index contributed by atoms with van der Waals surface area (Å²) in [7, 11) is -2.04. The molecule has 7 nitrogen and oxygen atoms in total. The maximum absolute atomic E-state index is 13.0. The summed E-state index contributed by atoms with van der Waals surface area (Å²) in [4.78, 5) is 17.9. The number of nitrogens with zero attached hydrogens (tertiary/aromatic N) is 2. The highest BCUT2D eigenvalue weighted by atomic mass is 32.2. The summed E-state index contributed by atoms with van der Waals surface area (Å²) in [5, 5.41) is 3.48. The van der Waals surface area contributed by atoms with E-state index in [9.17, 15) is 13.2 Å². The molecule has 0 bridgehead atoms. The molecule has 1 aliphatic heterocycles. The number of sulfonamides is 1. The van der Waals surface area contributed by atoms with Gasteiger partial charge >= 0.3 is 0 Å². The van der Waals surface area contributed by atoms with Gasteiger partial charge in [0.1, 0.15) is 5.75 Å². The second kappa shape index (κ2) is 8.41. The van der Waals surface area contributed by atoms with Crippen molar-refractivity contribution in [2.75, 3.05) is 19.0 Å². The second-order valence-corrected chi connectivity index (χ2v) is 10.6. The van der Waals surface area contributed by atoms with Gasteiger partial charge in [0, 0.05) is 24.3 Å². The SMILES string of the molecule is COc1ccc(S(=O)(=O)N2CCc3nc(NC(=O)CC4CCCC4)sc3C2)cc1. The molecular weight excluding hydrogens is 410 g/mol. The van der Waals surface area contributed by atoms with Crippen molar-refractivity contribution in [3.05, 3.63) is 34.8 Å². The Morgan fingerprint density at radius 1 is 1.28 bits per heavy atom. The molecule has 1 aromatic carbocycles. The number of fused-ring (bicyclic) bond motifs is 1. The summed E-state index contributed by atoms with van der Waals surface area (Å²) in [5.74, 6) is 1.10. The monoisotopic (exact) mass is 435 g/mol. The number of carbonyl (C=O) groups is 1. The van der Waals surface area contributed by atoms with Gasteiger partial charge in [0.15, 0.2) is 5.13 Å². The average Bonchev–Trinajstić information content (AvgIpc) is 3.36. The first-order chi connectivity index (χ1) is 14.0. The molecule has 2 aliphatic rings. The highest BCUT2D eigenvalue weighted by Crippen LogP contribution is 2.32. The van der Waals surface area contributed by atoms with Crippen LogP contribution in [0.15, 0.2) is 29.2 Å². The van der Waals surface area contributed by atoms with E-state index >= 15 is 0 Å². The van der Waals surface area contributed by atoms with Crippen molar-refractivity contribution >= 4 is 32.4 Å². The van der Waals surface area contributed by atoms with Crippen LogP contribution >= 0.6 is 11.3 Å². The van der Waals surface area contributed by atoms with E-state index < -0.39 is 10.0 Å². The van der Waals surface area contributed by atoms with Crippen LogP contribution < -0.4 is 10.1 Å². The van der Waals surface area contributed by atoms with E-state index in [0.717, 1.165) is 23.4 Å². The van der Waals surface area contributed by atoms with Crippen LogP contribution in [0.2, 0.25) is 0 Å². The number of rotatable bonds is 6. The van der Waals surface area contributed by atoms with Crippen molar-refractivity contribution in [3.63, 3.8) is 0 Å². The third kappa shape index (κ3) is 4.46. The first-order valence-electron chi connectivity index (χ1n) is 9.88. The van der Waals surface area contributed by atoms with Crippen molar-refractivity contribution in [1.82, 2.24) is 9.29 Å². The van der Waals surface area contributed by atoms with Gasteiger partial charge in [-0.2, -0.15) is 4.31 Å². The number of methoxy groups -OCH3 is 1. The Balaban J connectivity index is 1.43. The van der Waals surface area contributed by atoms with Crippen molar-refractivity contribution in [2.45, 2.75) is 50.0 Å². The van der Waals surface area contributed by atoms with Gasteiger partial charge < -0.3 is 10.1 Å². The highest BCUT2D eigenvalue weighted by Gasteiger charge is 2.30. The molecule has 29 heavy (non-hydrogen) atoms. The minimum Gasteiger partial charge on any atom is -0.497 e. The summed E-state index contributed by atoms with van der Waals surface area (Å²) in [6.45, 7) is 0.653. The number of nitrogens with one attached hydrogen (secondary N) is 1. The number of amides is 1. The molecular formula is C20H25N3O4S2. The number of hydrogen-bond acceptors (Lipinski definition) is 6. The molecule has 0 unspecified atom stereocenters. The Morgan fingerprint density at radius 3 is 2.69 bits per heavy atom. The number of anilines is 1. The lowest BCUT2D eigenvalue weighted by atomic mass is 10.0. The lowest BCUT2D eigenvalue weighted by molar-refractivity contribution is -0.117. The van der Waals surface area contributed by atoms with E-state index in [0.29, 0.717) is 36.2 Å². The van der Waals surface area contributed by atoms with Crippen LogP contribution in [0.1, 0.15) is 42.7 Å². The van der Waals surface area contributed by atoms with Crippen LogP contribution in [0.5, 0.6) is 5.75 Å². The standard InChI is InChI=1S/C20H25N3O4S2/c1-27-15-6-8-16(9-7-15)29(25,26)23-11-10-17-18(13-23)28-20(21-17)22-19(24)12-14-4-2-3-5-14/h6-9,14H,2-5,10-13H2,1H3,(H,21,22,24). The molecule has 9 heteroatoms. The van der Waals surface area contributed by atoms with Crippen LogP contribution in [-0.2, 0) is 27.8 Å². The molecule has 1 N–H and O–H groups in total. The zero-order chi connectivity index (χ0) is 20.4. The van der Waals surface area contributed by atoms with Gasteiger partial charge in [-0.1, -0.05) is 12.8 Å². The van der Waals surface area contributed by atoms with E-state index in [1.54, 1.807) is 31.4 Å². The van der Waals surface area contributed by atoms with Crippen molar-refractivity contribution in [2.24, 2.45) is 5.92 Å². The number of carbonyl (C=O) groups excluding carboxylic acids is 1. The van der Waals surface area contributed by atoms with Gasteiger partial charge in [0.2, 0.25) is 15.9 Å². The van der Waals surface area contributed by atoms with Crippen LogP contribution in [0.4, 0.5) is 5.13 Å². The van der Waals surface area contributed by atoms with E-state index in [-0.39, 0.29) is 17.3 Å². The fourth-order valence-corrected chi connectivity index (χ4v) is 6.50. The normalized spacial score (nSPS) is 17.8. The van der Waals surface area contributed by atoms with Gasteiger partial charge in [-0.25, -0.2) is 13.4 Å². The van der Waals surface area contributed by atoms with Gasteiger partial charge in [-0.05, 0) is 43.0 Å². The number of hydrogen-bond donors (Lipinski definition) is 1. The second-order valence-electron chi connectivity index (χ2n) is 7.56. The maximum atomic E-state index is 13.0. The molecule has 156 valence electrons. The largest absolute Gasteiger partial charge is 0.497 e. The fourth-order valence-electron chi connectivity index (χ4n) is 3.97. The molecule has 1 fully saturated rings. The Bertz CT molecular complexity index is 980. The predicted octanol–water partition coefficient (Wildman–Crippen LogP) is 3.42. The number of ether oxygens (including phenoxy) is 1. The van der Waals surface area contributed by atoms with Crippen molar-refractivity contribution in [1.29, 1.82) is 0 Å². The Labute approximate surface area is 175 Å².